The lowest BCUT2D eigenvalue weighted by molar-refractivity contribution is 0.104. The van der Waals surface area contributed by atoms with Crippen molar-refractivity contribution in [1.29, 1.82) is 0 Å². The summed E-state index contributed by atoms with van der Waals surface area (Å²) in [4.78, 5) is 16.2. The number of hydrogen-bond acceptors (Lipinski definition) is 3. The van der Waals surface area contributed by atoms with E-state index in [9.17, 15) is 9.90 Å². The number of aromatic nitrogens is 1. The van der Waals surface area contributed by atoms with Crippen LogP contribution in [0.15, 0.2) is 67.0 Å². The maximum Gasteiger partial charge on any atom is 0.189 e. The third-order valence-corrected chi connectivity index (χ3v) is 3.28. The van der Waals surface area contributed by atoms with Crippen LogP contribution in [0.4, 0.5) is 0 Å². The van der Waals surface area contributed by atoms with E-state index in [2.05, 4.69) is 4.98 Å². The Labute approximate surface area is 122 Å². The Morgan fingerprint density at radius 3 is 2.71 bits per heavy atom. The number of phenols is 1. The van der Waals surface area contributed by atoms with E-state index < -0.39 is 0 Å². The standard InChI is InChI=1S/C18H13NO2/c20-17(10-7-13-4-3-11-19-12-13)16-9-8-14-5-1-2-6-15(14)18(16)21/h1-12,21H/b10-7+. The van der Waals surface area contributed by atoms with Gasteiger partial charge in [-0.05, 0) is 35.2 Å². The smallest absolute Gasteiger partial charge is 0.189 e. The summed E-state index contributed by atoms with van der Waals surface area (Å²) in [5.41, 5.74) is 1.14. The normalized spacial score (nSPS) is 11.0. The number of aromatic hydroxyl groups is 1. The average molecular weight is 275 g/mol. The fraction of sp³-hybridized carbons (Fsp3) is 0. The first kappa shape index (κ1) is 13.1. The molecule has 3 rings (SSSR count). The van der Waals surface area contributed by atoms with E-state index in [1.165, 1.54) is 6.08 Å². The molecule has 0 aliphatic carbocycles. The van der Waals surface area contributed by atoms with Crippen molar-refractivity contribution in [1.82, 2.24) is 4.98 Å². The molecule has 0 unspecified atom stereocenters. The van der Waals surface area contributed by atoms with Crippen molar-refractivity contribution in [2.75, 3.05) is 0 Å². The predicted octanol–water partition coefficient (Wildman–Crippen LogP) is 3.84. The van der Waals surface area contributed by atoms with Crippen molar-refractivity contribution >= 4 is 22.6 Å². The molecule has 0 saturated heterocycles. The molecular weight excluding hydrogens is 262 g/mol. The van der Waals surface area contributed by atoms with Crippen LogP contribution in [0.2, 0.25) is 0 Å². The molecule has 3 nitrogen and oxygen atoms in total. The molecule has 3 heteroatoms. The number of carbonyl (C=O) groups excluding carboxylic acids is 1. The number of carbonyl (C=O) groups is 1. The molecule has 0 spiro atoms. The summed E-state index contributed by atoms with van der Waals surface area (Å²) < 4.78 is 0. The first-order valence-electron chi connectivity index (χ1n) is 6.59. The molecule has 0 amide bonds. The molecule has 1 N–H and O–H groups in total. The summed E-state index contributed by atoms with van der Waals surface area (Å²) in [5, 5.41) is 11.8. The van der Waals surface area contributed by atoms with Gasteiger partial charge in [-0.1, -0.05) is 36.4 Å². The van der Waals surface area contributed by atoms with Gasteiger partial charge in [0.15, 0.2) is 5.78 Å². The minimum Gasteiger partial charge on any atom is -0.507 e. The van der Waals surface area contributed by atoms with Gasteiger partial charge >= 0.3 is 0 Å². The Hall–Kier alpha value is -2.94. The lowest BCUT2D eigenvalue weighted by Gasteiger charge is -2.05. The van der Waals surface area contributed by atoms with Gasteiger partial charge in [-0.3, -0.25) is 9.78 Å². The fourth-order valence-electron chi connectivity index (χ4n) is 2.19. The Morgan fingerprint density at radius 1 is 1.05 bits per heavy atom. The van der Waals surface area contributed by atoms with E-state index in [1.54, 1.807) is 36.7 Å². The van der Waals surface area contributed by atoms with Crippen LogP contribution in [0.1, 0.15) is 15.9 Å². The Morgan fingerprint density at radius 2 is 1.90 bits per heavy atom. The number of phenolic OH excluding ortho intramolecular Hbond substituents is 1. The molecule has 0 aliphatic rings. The molecule has 0 atom stereocenters. The Kier molecular flexibility index (Phi) is 3.48. The summed E-state index contributed by atoms with van der Waals surface area (Å²) in [6, 6.07) is 14.6. The van der Waals surface area contributed by atoms with Gasteiger partial charge in [0.2, 0.25) is 0 Å². The molecular formula is C18H13NO2. The number of benzene rings is 2. The monoisotopic (exact) mass is 275 g/mol. The van der Waals surface area contributed by atoms with Crippen molar-refractivity contribution in [3.8, 4) is 5.75 Å². The van der Waals surface area contributed by atoms with Gasteiger partial charge in [0.1, 0.15) is 5.75 Å². The molecule has 1 heterocycles. The van der Waals surface area contributed by atoms with Crippen LogP contribution in [0, 0.1) is 0 Å². The third kappa shape index (κ3) is 2.67. The summed E-state index contributed by atoms with van der Waals surface area (Å²) in [6.07, 6.45) is 6.48. The summed E-state index contributed by atoms with van der Waals surface area (Å²) in [6.45, 7) is 0. The molecule has 102 valence electrons. The second-order valence-corrected chi connectivity index (χ2v) is 4.67. The number of fused-ring (bicyclic) bond motifs is 1. The maximum absolute atomic E-state index is 12.2. The minimum absolute atomic E-state index is 0.0222. The fourth-order valence-corrected chi connectivity index (χ4v) is 2.19. The number of nitrogens with zero attached hydrogens (tertiary/aromatic N) is 1. The van der Waals surface area contributed by atoms with Gasteiger partial charge in [-0.2, -0.15) is 0 Å². The van der Waals surface area contributed by atoms with E-state index in [4.69, 9.17) is 0 Å². The van der Waals surface area contributed by atoms with Crippen LogP contribution in [-0.4, -0.2) is 15.9 Å². The van der Waals surface area contributed by atoms with Crippen molar-refractivity contribution in [2.24, 2.45) is 0 Å². The zero-order valence-corrected chi connectivity index (χ0v) is 11.2. The topological polar surface area (TPSA) is 50.2 Å². The van der Waals surface area contributed by atoms with Crippen LogP contribution >= 0.6 is 0 Å². The van der Waals surface area contributed by atoms with E-state index in [1.807, 2.05) is 30.3 Å². The van der Waals surface area contributed by atoms with Crippen LogP contribution in [0.5, 0.6) is 5.75 Å². The van der Waals surface area contributed by atoms with Crippen LogP contribution in [0.3, 0.4) is 0 Å². The molecule has 2 aromatic carbocycles. The highest BCUT2D eigenvalue weighted by molar-refractivity contribution is 6.11. The van der Waals surface area contributed by atoms with Gasteiger partial charge in [-0.25, -0.2) is 0 Å². The highest BCUT2D eigenvalue weighted by Gasteiger charge is 2.11. The summed E-state index contributed by atoms with van der Waals surface area (Å²) >= 11 is 0. The molecule has 0 fully saturated rings. The molecule has 0 aliphatic heterocycles. The summed E-state index contributed by atoms with van der Waals surface area (Å²) in [7, 11) is 0. The molecule has 3 aromatic rings. The van der Waals surface area contributed by atoms with Crippen LogP contribution in [0.25, 0.3) is 16.8 Å². The maximum atomic E-state index is 12.2. The lowest BCUT2D eigenvalue weighted by atomic mass is 10.0. The quantitative estimate of drug-likeness (QED) is 0.583. The number of ketones is 1. The molecule has 1 aromatic heterocycles. The second kappa shape index (κ2) is 5.59. The number of rotatable bonds is 3. The van der Waals surface area contributed by atoms with Gasteiger partial charge < -0.3 is 5.11 Å². The highest BCUT2D eigenvalue weighted by Crippen LogP contribution is 2.29. The van der Waals surface area contributed by atoms with E-state index in [0.717, 1.165) is 10.9 Å². The number of pyridine rings is 1. The molecule has 0 radical (unpaired) electrons. The number of allylic oxidation sites excluding steroid dienone is 1. The largest absolute Gasteiger partial charge is 0.507 e. The van der Waals surface area contributed by atoms with Gasteiger partial charge in [0, 0.05) is 17.8 Å². The molecule has 0 bridgehead atoms. The van der Waals surface area contributed by atoms with Crippen LogP contribution in [-0.2, 0) is 0 Å². The first-order valence-corrected chi connectivity index (χ1v) is 6.59. The number of hydrogen-bond donors (Lipinski definition) is 1. The summed E-state index contributed by atoms with van der Waals surface area (Å²) in [5.74, 6) is -0.212. The van der Waals surface area contributed by atoms with E-state index in [-0.39, 0.29) is 11.5 Å². The zero-order valence-electron chi connectivity index (χ0n) is 11.2. The molecule has 0 saturated carbocycles. The van der Waals surface area contributed by atoms with Crippen molar-refractivity contribution in [3.63, 3.8) is 0 Å². The van der Waals surface area contributed by atoms with Gasteiger partial charge in [0.25, 0.3) is 0 Å². The van der Waals surface area contributed by atoms with Gasteiger partial charge in [-0.15, -0.1) is 0 Å². The zero-order chi connectivity index (χ0) is 14.7. The highest BCUT2D eigenvalue weighted by atomic mass is 16.3. The minimum atomic E-state index is -0.234. The van der Waals surface area contributed by atoms with Crippen molar-refractivity contribution in [3.05, 3.63) is 78.1 Å². The van der Waals surface area contributed by atoms with Crippen molar-refractivity contribution < 1.29 is 9.90 Å². The molecule has 21 heavy (non-hydrogen) atoms. The van der Waals surface area contributed by atoms with Crippen molar-refractivity contribution in [2.45, 2.75) is 0 Å². The lowest BCUT2D eigenvalue weighted by Crippen LogP contribution is -1.95. The Bertz CT molecular complexity index is 823. The predicted molar refractivity (Wildman–Crippen MR) is 83.2 cm³/mol. The van der Waals surface area contributed by atoms with E-state index >= 15 is 0 Å². The SMILES string of the molecule is O=C(/C=C/c1cccnc1)c1ccc2ccccc2c1O. The second-order valence-electron chi connectivity index (χ2n) is 4.67. The van der Waals surface area contributed by atoms with Gasteiger partial charge in [0.05, 0.1) is 5.56 Å². The van der Waals surface area contributed by atoms with E-state index in [0.29, 0.717) is 10.9 Å². The average Bonchev–Trinajstić information content (AvgIpc) is 2.54. The third-order valence-electron chi connectivity index (χ3n) is 3.28. The van der Waals surface area contributed by atoms with Crippen LogP contribution < -0.4 is 0 Å². The Balaban J connectivity index is 1.95. The first-order chi connectivity index (χ1) is 10.3.